The Kier molecular flexibility index (Phi) is 4.62. The highest BCUT2D eigenvalue weighted by molar-refractivity contribution is 6.08. The Morgan fingerprint density at radius 1 is 1.12 bits per heavy atom. The van der Waals surface area contributed by atoms with Crippen molar-refractivity contribution in [3.63, 3.8) is 0 Å². The predicted molar refractivity (Wildman–Crippen MR) is 109 cm³/mol. The molecule has 1 N–H and O–H groups in total. The van der Waals surface area contributed by atoms with Gasteiger partial charge in [-0.25, -0.2) is 4.99 Å². The van der Waals surface area contributed by atoms with Crippen LogP contribution in [-0.4, -0.2) is 29.6 Å². The van der Waals surface area contributed by atoms with Crippen molar-refractivity contribution in [1.29, 1.82) is 0 Å². The topological polar surface area (TPSA) is 49.6 Å². The minimum absolute atomic E-state index is 0.368. The third kappa shape index (κ3) is 3.19. The maximum absolute atomic E-state index is 5.00. The smallest absolute Gasteiger partial charge is 0.126 e. The van der Waals surface area contributed by atoms with Gasteiger partial charge in [-0.1, -0.05) is 13.8 Å². The monoisotopic (exact) mass is 352 g/mol. The zero-order chi connectivity index (χ0) is 18.2. The minimum Gasteiger partial charge on any atom is -0.383 e. The van der Waals surface area contributed by atoms with Gasteiger partial charge >= 0.3 is 0 Å². The van der Waals surface area contributed by atoms with Crippen LogP contribution in [0.3, 0.4) is 0 Å². The number of hydrogen-bond donors (Lipinski definition) is 1. The van der Waals surface area contributed by atoms with Crippen LogP contribution in [0.5, 0.6) is 0 Å². The first-order chi connectivity index (χ1) is 12.7. The fourth-order valence-corrected chi connectivity index (χ4v) is 5.11. The van der Waals surface area contributed by atoms with Crippen LogP contribution in [0.1, 0.15) is 64.4 Å². The van der Waals surface area contributed by atoms with E-state index in [9.17, 15) is 0 Å². The van der Waals surface area contributed by atoms with Crippen molar-refractivity contribution in [3.8, 4) is 0 Å². The Labute approximate surface area is 157 Å². The number of rotatable bonds is 5. The number of anilines is 1. The van der Waals surface area contributed by atoms with E-state index in [0.717, 1.165) is 18.8 Å². The van der Waals surface area contributed by atoms with Crippen molar-refractivity contribution in [3.05, 3.63) is 24.0 Å². The molecule has 1 aromatic heterocycles. The molecule has 0 spiro atoms. The molecule has 4 aliphatic rings. The molecule has 26 heavy (non-hydrogen) atoms. The molecule has 1 aromatic rings. The van der Waals surface area contributed by atoms with E-state index in [1.807, 2.05) is 26.2 Å². The summed E-state index contributed by atoms with van der Waals surface area (Å²) in [6.07, 6.45) is 13.1. The van der Waals surface area contributed by atoms with Crippen molar-refractivity contribution in [1.82, 2.24) is 4.98 Å². The summed E-state index contributed by atoms with van der Waals surface area (Å²) in [6, 6.07) is 2.19. The number of pyridine rings is 1. The lowest BCUT2D eigenvalue weighted by Gasteiger charge is -2.28. The molecule has 2 bridgehead atoms. The average molecular weight is 353 g/mol. The van der Waals surface area contributed by atoms with Gasteiger partial charge < -0.3 is 5.32 Å². The second kappa shape index (κ2) is 6.79. The summed E-state index contributed by atoms with van der Waals surface area (Å²) in [5, 5.41) is 3.66. The summed E-state index contributed by atoms with van der Waals surface area (Å²) in [4.78, 5) is 14.0. The Morgan fingerprint density at radius 3 is 2.58 bits per heavy atom. The summed E-state index contributed by atoms with van der Waals surface area (Å²) in [5.41, 5.74) is 4.61. The van der Waals surface area contributed by atoms with Gasteiger partial charge in [0.25, 0.3) is 0 Å². The van der Waals surface area contributed by atoms with Gasteiger partial charge in [-0.3, -0.25) is 9.98 Å². The summed E-state index contributed by atoms with van der Waals surface area (Å²) < 4.78 is 0. The zero-order valence-electron chi connectivity index (χ0n) is 16.5. The molecule has 140 valence electrons. The fourth-order valence-electron chi connectivity index (χ4n) is 5.11. The van der Waals surface area contributed by atoms with Gasteiger partial charge in [0.05, 0.1) is 12.2 Å². The number of hydrogen-bond acceptors (Lipinski definition) is 4. The number of nitrogens with zero attached hydrogens (tertiary/aromatic N) is 3. The summed E-state index contributed by atoms with van der Waals surface area (Å²) >= 11 is 0. The maximum Gasteiger partial charge on any atom is 0.126 e. The minimum atomic E-state index is 0.368. The molecular weight excluding hydrogens is 320 g/mol. The number of fused-ring (bicyclic) bond motifs is 2. The predicted octanol–water partition coefficient (Wildman–Crippen LogP) is 5.04. The molecule has 1 aliphatic heterocycles. The van der Waals surface area contributed by atoms with Crippen molar-refractivity contribution < 1.29 is 0 Å². The quantitative estimate of drug-likeness (QED) is 0.807. The second-order valence-electron chi connectivity index (χ2n) is 8.57. The maximum atomic E-state index is 5.00. The van der Waals surface area contributed by atoms with Gasteiger partial charge in [0.1, 0.15) is 5.84 Å². The van der Waals surface area contributed by atoms with Crippen molar-refractivity contribution >= 4 is 17.2 Å². The first kappa shape index (κ1) is 17.7. The molecule has 2 heterocycles. The van der Waals surface area contributed by atoms with E-state index in [-0.39, 0.29) is 0 Å². The first-order valence-corrected chi connectivity index (χ1v) is 10.4. The molecule has 0 radical (unpaired) electrons. The molecule has 0 atom stereocenters. The molecule has 5 rings (SSSR count). The van der Waals surface area contributed by atoms with Crippen LogP contribution in [0.25, 0.3) is 0 Å². The molecule has 0 amide bonds. The van der Waals surface area contributed by atoms with E-state index in [4.69, 9.17) is 9.98 Å². The van der Waals surface area contributed by atoms with Crippen LogP contribution in [-0.2, 0) is 0 Å². The lowest BCUT2D eigenvalue weighted by Crippen LogP contribution is -2.27. The molecule has 3 saturated carbocycles. The standard InChI is InChI=1S/C20H26N4.C2H6/c1-14-8-16(10-21-9-14)23-13-19-4-6-20(12-19,7-5-19)17-11-22-18(24-17)15-2-3-15;1-2/h8-10,15,23H,2-7,11-13H2,1H3;1-2H3. The molecule has 0 aromatic carbocycles. The SMILES string of the molecule is CC.Cc1cncc(NCC23CCC(C4=NC(C5CC5)=NC4)(CC2)C3)c1. The molecule has 3 fully saturated rings. The van der Waals surface area contributed by atoms with E-state index in [1.54, 1.807) is 0 Å². The van der Waals surface area contributed by atoms with Crippen molar-refractivity contribution in [2.24, 2.45) is 26.7 Å². The van der Waals surface area contributed by atoms with Gasteiger partial charge in [0.15, 0.2) is 0 Å². The number of nitrogens with one attached hydrogen (secondary N) is 1. The van der Waals surface area contributed by atoms with Gasteiger partial charge in [-0.05, 0) is 68.9 Å². The zero-order valence-corrected chi connectivity index (χ0v) is 16.5. The second-order valence-corrected chi connectivity index (χ2v) is 8.57. The van der Waals surface area contributed by atoms with Crippen LogP contribution in [0.15, 0.2) is 28.4 Å². The van der Waals surface area contributed by atoms with E-state index in [0.29, 0.717) is 16.7 Å². The fraction of sp³-hybridized carbons (Fsp3) is 0.682. The van der Waals surface area contributed by atoms with Crippen LogP contribution in [0, 0.1) is 23.7 Å². The highest BCUT2D eigenvalue weighted by atomic mass is 15.0. The van der Waals surface area contributed by atoms with E-state index >= 15 is 0 Å². The Bertz CT molecular complexity index is 721. The first-order valence-electron chi connectivity index (χ1n) is 10.4. The largest absolute Gasteiger partial charge is 0.383 e. The molecule has 4 heteroatoms. The highest BCUT2D eigenvalue weighted by Crippen LogP contribution is 2.62. The molecule has 3 aliphatic carbocycles. The van der Waals surface area contributed by atoms with E-state index in [1.165, 1.54) is 62.1 Å². The third-order valence-corrected chi connectivity index (χ3v) is 6.72. The van der Waals surface area contributed by atoms with E-state index in [2.05, 4.69) is 23.3 Å². The molecular formula is C22H32N4. The van der Waals surface area contributed by atoms with Crippen LogP contribution >= 0.6 is 0 Å². The average Bonchev–Trinajstić information content (AvgIpc) is 3.14. The Balaban J connectivity index is 0.000000814. The summed E-state index contributed by atoms with van der Waals surface area (Å²) in [5.74, 6) is 1.87. The number of aryl methyl sites for hydroxylation is 1. The normalized spacial score (nSPS) is 32.0. The third-order valence-electron chi connectivity index (χ3n) is 6.72. The van der Waals surface area contributed by atoms with Crippen molar-refractivity contribution in [2.75, 3.05) is 18.4 Å². The Morgan fingerprint density at radius 2 is 1.88 bits per heavy atom. The van der Waals surface area contributed by atoms with Gasteiger partial charge in [0.2, 0.25) is 0 Å². The van der Waals surface area contributed by atoms with Crippen LogP contribution < -0.4 is 5.32 Å². The number of aromatic nitrogens is 1. The molecule has 4 nitrogen and oxygen atoms in total. The summed E-state index contributed by atoms with van der Waals surface area (Å²) in [7, 11) is 0. The van der Waals surface area contributed by atoms with Crippen LogP contribution in [0.4, 0.5) is 5.69 Å². The van der Waals surface area contributed by atoms with Crippen molar-refractivity contribution in [2.45, 2.75) is 65.7 Å². The Hall–Kier alpha value is -1.71. The lowest BCUT2D eigenvalue weighted by atomic mass is 9.79. The summed E-state index contributed by atoms with van der Waals surface area (Å²) in [6.45, 7) is 8.06. The van der Waals surface area contributed by atoms with Gasteiger partial charge in [0, 0.05) is 36.0 Å². The van der Waals surface area contributed by atoms with Gasteiger partial charge in [-0.2, -0.15) is 0 Å². The van der Waals surface area contributed by atoms with Gasteiger partial charge in [-0.15, -0.1) is 0 Å². The van der Waals surface area contributed by atoms with E-state index < -0.39 is 0 Å². The molecule has 0 saturated heterocycles. The molecule has 0 unspecified atom stereocenters. The number of amidine groups is 1. The number of aliphatic imine (C=N–C) groups is 2. The van der Waals surface area contributed by atoms with Crippen LogP contribution in [0.2, 0.25) is 0 Å². The lowest BCUT2D eigenvalue weighted by molar-refractivity contribution is 0.312. The highest BCUT2D eigenvalue weighted by Gasteiger charge is 2.56.